The zero-order valence-corrected chi connectivity index (χ0v) is 22.3. The summed E-state index contributed by atoms with van der Waals surface area (Å²) in [5.74, 6) is -1.86. The van der Waals surface area contributed by atoms with Gasteiger partial charge in [0.2, 0.25) is 11.5 Å². The lowest BCUT2D eigenvalue weighted by molar-refractivity contribution is -0.265. The normalized spacial score (nSPS) is 19.7. The minimum Gasteiger partial charge on any atom is -0.489 e. The van der Waals surface area contributed by atoms with E-state index in [1.54, 1.807) is 12.1 Å². The number of pyridine rings is 1. The Hall–Kier alpha value is -4.45. The topological polar surface area (TPSA) is 130 Å². The van der Waals surface area contributed by atoms with Crippen molar-refractivity contribution in [2.75, 3.05) is 13.2 Å². The molecule has 12 heteroatoms. The van der Waals surface area contributed by atoms with Crippen molar-refractivity contribution in [2.45, 2.75) is 42.9 Å². The first kappa shape index (κ1) is 27.7. The number of hydrogen-bond acceptors (Lipinski definition) is 5. The Morgan fingerprint density at radius 1 is 1.14 bits per heavy atom. The third-order valence-electron chi connectivity index (χ3n) is 8.05. The fraction of sp³-hybridized carbons (Fsp3) is 0.300. The summed E-state index contributed by atoms with van der Waals surface area (Å²) >= 11 is 0. The van der Waals surface area contributed by atoms with E-state index in [0.717, 1.165) is 47.6 Å². The molecule has 1 fully saturated rings. The average Bonchev–Trinajstić information content (AvgIpc) is 3.62. The number of aromatic nitrogens is 2. The molecule has 2 atom stereocenters. The average molecular weight is 583 g/mol. The van der Waals surface area contributed by atoms with Crippen molar-refractivity contribution in [1.82, 2.24) is 15.3 Å². The minimum atomic E-state index is -5.31. The highest BCUT2D eigenvalue weighted by atomic mass is 19.4. The van der Waals surface area contributed by atoms with Gasteiger partial charge in [0.1, 0.15) is 29.3 Å². The molecule has 5 N–H and O–H groups in total. The third kappa shape index (κ3) is 4.55. The molecule has 2 aromatic carbocycles. The van der Waals surface area contributed by atoms with Crippen molar-refractivity contribution in [2.24, 2.45) is 5.73 Å². The van der Waals surface area contributed by atoms with Crippen LogP contribution in [0.2, 0.25) is 0 Å². The van der Waals surface area contributed by atoms with Crippen LogP contribution in [0.3, 0.4) is 0 Å². The highest BCUT2D eigenvalue weighted by molar-refractivity contribution is 5.98. The van der Waals surface area contributed by atoms with E-state index >= 15 is 0 Å². The van der Waals surface area contributed by atoms with Crippen LogP contribution < -0.4 is 15.8 Å². The summed E-state index contributed by atoms with van der Waals surface area (Å²) in [5, 5.41) is 14.1. The summed E-state index contributed by atoms with van der Waals surface area (Å²) in [6.07, 6.45) is -3.17. The first-order valence-electron chi connectivity index (χ1n) is 13.2. The van der Waals surface area contributed by atoms with Crippen LogP contribution in [0.15, 0.2) is 54.6 Å². The fourth-order valence-electron chi connectivity index (χ4n) is 5.16. The molecule has 8 nitrogen and oxygen atoms in total. The molecule has 2 aliphatic rings. The number of hydrogen-bond donors (Lipinski definition) is 4. The number of H-pyrrole nitrogens is 1. The van der Waals surface area contributed by atoms with Gasteiger partial charge in [0.05, 0.1) is 12.2 Å². The Morgan fingerprint density at radius 3 is 2.50 bits per heavy atom. The molecule has 0 spiro atoms. The SMILES string of the molecule is C[C@]1(C(N)=O)COc2c1cc([C@@](O)(CNC(=O)c1ccc3[nH]c(C4CC4)cc3c1)C(F)(F)F)nc2-c1ccc(F)cc1. The van der Waals surface area contributed by atoms with Crippen molar-refractivity contribution in [3.05, 3.63) is 82.9 Å². The molecular formula is C30H26F4N4O4. The molecule has 0 bridgehead atoms. The lowest BCUT2D eigenvalue weighted by Gasteiger charge is -2.31. The van der Waals surface area contributed by atoms with Crippen LogP contribution in [0.1, 0.15) is 53.0 Å². The summed E-state index contributed by atoms with van der Waals surface area (Å²) < 4.78 is 63.1. The maximum Gasteiger partial charge on any atom is 0.424 e. The van der Waals surface area contributed by atoms with Gasteiger partial charge in [0, 0.05) is 33.3 Å². The zero-order chi connectivity index (χ0) is 30.0. The van der Waals surface area contributed by atoms with Crippen molar-refractivity contribution in [1.29, 1.82) is 0 Å². The lowest BCUT2D eigenvalue weighted by Crippen LogP contribution is -2.51. The van der Waals surface area contributed by atoms with Crippen LogP contribution in [0, 0.1) is 5.82 Å². The van der Waals surface area contributed by atoms with E-state index in [1.165, 1.54) is 25.1 Å². The number of halogens is 4. The van der Waals surface area contributed by atoms with Crippen molar-refractivity contribution in [3.8, 4) is 17.0 Å². The van der Waals surface area contributed by atoms with E-state index in [-0.39, 0.29) is 34.7 Å². The van der Waals surface area contributed by atoms with Gasteiger partial charge in [0.15, 0.2) is 0 Å². The smallest absolute Gasteiger partial charge is 0.424 e. The van der Waals surface area contributed by atoms with Gasteiger partial charge in [-0.05, 0) is 80.3 Å². The first-order valence-corrected chi connectivity index (χ1v) is 13.2. The number of ether oxygens (including phenoxy) is 1. The Kier molecular flexibility index (Phi) is 6.30. The van der Waals surface area contributed by atoms with Gasteiger partial charge in [-0.3, -0.25) is 9.59 Å². The number of alkyl halides is 3. The third-order valence-corrected chi connectivity index (χ3v) is 8.05. The highest BCUT2D eigenvalue weighted by Gasteiger charge is 2.57. The van der Waals surface area contributed by atoms with E-state index in [1.807, 2.05) is 6.07 Å². The Labute approximate surface area is 236 Å². The molecule has 0 saturated heterocycles. The maximum absolute atomic E-state index is 14.6. The number of nitrogens with one attached hydrogen (secondary N) is 2. The summed E-state index contributed by atoms with van der Waals surface area (Å²) in [5.41, 5.74) is 1.46. The predicted octanol–water partition coefficient (Wildman–Crippen LogP) is 4.56. The summed E-state index contributed by atoms with van der Waals surface area (Å²) in [7, 11) is 0. The second kappa shape index (κ2) is 9.55. The van der Waals surface area contributed by atoms with Crippen LogP contribution in [0.25, 0.3) is 22.2 Å². The number of aliphatic hydroxyl groups is 1. The highest BCUT2D eigenvalue weighted by Crippen LogP contribution is 2.48. The monoisotopic (exact) mass is 582 g/mol. The molecule has 1 saturated carbocycles. The van der Waals surface area contributed by atoms with Gasteiger partial charge in [-0.1, -0.05) is 0 Å². The van der Waals surface area contributed by atoms with Gasteiger partial charge < -0.3 is 25.9 Å². The summed E-state index contributed by atoms with van der Waals surface area (Å²) in [6.45, 7) is -0.154. The number of nitrogens with two attached hydrogens (primary N) is 1. The molecule has 3 heterocycles. The molecule has 2 aromatic heterocycles. The van der Waals surface area contributed by atoms with Crippen molar-refractivity contribution < 1.29 is 37.0 Å². The molecule has 0 unspecified atom stereocenters. The maximum atomic E-state index is 14.6. The van der Waals surface area contributed by atoms with E-state index in [9.17, 15) is 32.3 Å². The molecule has 218 valence electrons. The summed E-state index contributed by atoms with van der Waals surface area (Å²) in [4.78, 5) is 32.8. The number of benzene rings is 2. The van der Waals surface area contributed by atoms with E-state index in [4.69, 9.17) is 10.5 Å². The van der Waals surface area contributed by atoms with E-state index in [0.29, 0.717) is 5.92 Å². The van der Waals surface area contributed by atoms with Gasteiger partial charge in [0.25, 0.3) is 5.91 Å². The Balaban J connectivity index is 1.38. The number of aromatic amines is 1. The zero-order valence-electron chi connectivity index (χ0n) is 22.3. The first-order chi connectivity index (χ1) is 19.8. The number of fused-ring (bicyclic) bond motifs is 2. The number of carbonyl (C=O) groups excluding carboxylic acids is 2. The van der Waals surface area contributed by atoms with Crippen LogP contribution >= 0.6 is 0 Å². The molecule has 42 heavy (non-hydrogen) atoms. The molecule has 4 aromatic rings. The quantitative estimate of drug-likeness (QED) is 0.238. The van der Waals surface area contributed by atoms with Gasteiger partial charge in [-0.25, -0.2) is 9.37 Å². The van der Waals surface area contributed by atoms with Crippen LogP contribution in [-0.4, -0.2) is 46.2 Å². The number of nitrogens with zero attached hydrogens (tertiary/aromatic N) is 1. The Morgan fingerprint density at radius 2 is 1.86 bits per heavy atom. The molecule has 1 aliphatic heterocycles. The van der Waals surface area contributed by atoms with E-state index in [2.05, 4.69) is 15.3 Å². The van der Waals surface area contributed by atoms with Crippen molar-refractivity contribution >= 4 is 22.7 Å². The van der Waals surface area contributed by atoms with Crippen LogP contribution in [-0.2, 0) is 15.8 Å². The predicted molar refractivity (Wildman–Crippen MR) is 144 cm³/mol. The molecule has 6 rings (SSSR count). The molecule has 2 amide bonds. The number of primary amides is 1. The van der Waals surface area contributed by atoms with Gasteiger partial charge >= 0.3 is 6.18 Å². The van der Waals surface area contributed by atoms with Gasteiger partial charge in [-0.2, -0.15) is 13.2 Å². The summed E-state index contributed by atoms with van der Waals surface area (Å²) in [6, 6.07) is 12.3. The lowest BCUT2D eigenvalue weighted by atomic mass is 9.81. The van der Waals surface area contributed by atoms with Crippen molar-refractivity contribution in [3.63, 3.8) is 0 Å². The Bertz CT molecular complexity index is 1730. The number of carbonyl (C=O) groups is 2. The second-order valence-electron chi connectivity index (χ2n) is 11.1. The fourth-order valence-corrected chi connectivity index (χ4v) is 5.16. The number of amides is 2. The largest absolute Gasteiger partial charge is 0.489 e. The minimum absolute atomic E-state index is 0.00871. The number of rotatable bonds is 7. The standard InChI is InChI=1S/C30H26F4N4O4/c1-28(27(35)40)14-42-25-20(28)12-23(38-24(25)16-4-7-19(31)8-5-16)29(41,30(32,33)34)13-36-26(39)17-6-9-21-18(10-17)11-22(37-21)15-2-3-15/h4-12,15,37,41H,2-3,13-14H2,1H3,(H2,35,40)(H,36,39)/t28-,29-/m0/s1. The molecule has 1 aliphatic carbocycles. The molecule has 0 radical (unpaired) electrons. The van der Waals surface area contributed by atoms with Crippen LogP contribution in [0.4, 0.5) is 17.6 Å². The van der Waals surface area contributed by atoms with E-state index < -0.39 is 47.1 Å². The van der Waals surface area contributed by atoms with Gasteiger partial charge in [-0.15, -0.1) is 0 Å². The second-order valence-corrected chi connectivity index (χ2v) is 11.1. The van der Waals surface area contributed by atoms with Crippen LogP contribution in [0.5, 0.6) is 5.75 Å². The molecular weight excluding hydrogens is 556 g/mol.